The third kappa shape index (κ3) is 9.89. The molecule has 5 rings (SSSR count). The van der Waals surface area contributed by atoms with Gasteiger partial charge in [0.15, 0.2) is 0 Å². The van der Waals surface area contributed by atoms with Crippen LogP contribution in [0.3, 0.4) is 0 Å². The largest absolute Gasteiger partial charge is 0.513 e. The lowest BCUT2D eigenvalue weighted by Crippen LogP contribution is -2.36. The van der Waals surface area contributed by atoms with Crippen LogP contribution in [-0.4, -0.2) is 42.6 Å². The number of halogens is 1. The number of para-hydroxylation sites is 2. The number of sulfonamides is 1. The van der Waals surface area contributed by atoms with Crippen LogP contribution in [0, 0.1) is 12.8 Å². The summed E-state index contributed by atoms with van der Waals surface area (Å²) in [5, 5.41) is 0. The van der Waals surface area contributed by atoms with Crippen molar-refractivity contribution in [1.82, 2.24) is 4.31 Å². The SMILES string of the molecule is Cc1ccc(S(=O)(=O)N2CC3=CC2CCCCCCC3COC(=O)Oc2ccccc2)cc1.S=C(Cl)Oc1ccccc1. The van der Waals surface area contributed by atoms with Gasteiger partial charge in [0.1, 0.15) is 18.1 Å². The number of carbonyl (C=O) groups excluding carboxylic acids is 1. The van der Waals surface area contributed by atoms with Gasteiger partial charge < -0.3 is 14.2 Å². The Kier molecular flexibility index (Phi) is 12.2. The second kappa shape index (κ2) is 16.0. The number of rotatable bonds is 6. The molecule has 0 radical (unpaired) electrons. The summed E-state index contributed by atoms with van der Waals surface area (Å²) in [5.41, 5.74) is 2.06. The van der Waals surface area contributed by atoms with E-state index in [4.69, 9.17) is 25.8 Å². The summed E-state index contributed by atoms with van der Waals surface area (Å²) in [7, 11) is -3.61. The molecule has 0 saturated heterocycles. The van der Waals surface area contributed by atoms with E-state index in [-0.39, 0.29) is 23.1 Å². The molecular formula is C33H36ClNO6S2. The van der Waals surface area contributed by atoms with Gasteiger partial charge >= 0.3 is 6.16 Å². The topological polar surface area (TPSA) is 82.1 Å². The van der Waals surface area contributed by atoms with E-state index in [9.17, 15) is 13.2 Å². The number of fused-ring (bicyclic) bond motifs is 1. The normalized spacial score (nSPS) is 18.8. The van der Waals surface area contributed by atoms with Gasteiger partial charge in [0, 0.05) is 18.5 Å². The summed E-state index contributed by atoms with van der Waals surface area (Å²) in [5.74, 6) is 1.08. The molecule has 2 atom stereocenters. The molecule has 43 heavy (non-hydrogen) atoms. The van der Waals surface area contributed by atoms with Crippen molar-refractivity contribution in [3.8, 4) is 11.5 Å². The molecule has 2 bridgehead atoms. The molecule has 7 nitrogen and oxygen atoms in total. The van der Waals surface area contributed by atoms with Crippen LogP contribution in [0.1, 0.15) is 44.1 Å². The number of ether oxygens (including phenoxy) is 3. The lowest BCUT2D eigenvalue weighted by atomic mass is 9.92. The van der Waals surface area contributed by atoms with Gasteiger partial charge in [-0.25, -0.2) is 13.2 Å². The molecule has 3 aromatic carbocycles. The summed E-state index contributed by atoms with van der Waals surface area (Å²) in [6, 6.07) is 24.8. The monoisotopic (exact) mass is 641 g/mol. The van der Waals surface area contributed by atoms with Gasteiger partial charge in [0.2, 0.25) is 10.0 Å². The van der Waals surface area contributed by atoms with Gasteiger partial charge in [-0.1, -0.05) is 91.4 Å². The maximum Gasteiger partial charge on any atom is 0.513 e. The number of benzene rings is 3. The van der Waals surface area contributed by atoms with Crippen molar-refractivity contribution in [2.75, 3.05) is 13.2 Å². The summed E-state index contributed by atoms with van der Waals surface area (Å²) in [6.07, 6.45) is 7.20. The van der Waals surface area contributed by atoms with Crippen LogP contribution in [0.4, 0.5) is 4.79 Å². The van der Waals surface area contributed by atoms with Gasteiger partial charge in [0.05, 0.1) is 4.90 Å². The molecule has 1 heterocycles. The second-order valence-electron chi connectivity index (χ2n) is 10.5. The Morgan fingerprint density at radius 3 is 2.05 bits per heavy atom. The average molecular weight is 642 g/mol. The van der Waals surface area contributed by atoms with Gasteiger partial charge in [-0.3, -0.25) is 0 Å². The third-order valence-corrected chi connectivity index (χ3v) is 9.40. The summed E-state index contributed by atoms with van der Waals surface area (Å²) in [4.78, 5) is 12.5. The van der Waals surface area contributed by atoms with Crippen LogP contribution in [-0.2, 0) is 14.8 Å². The Labute approximate surface area is 264 Å². The lowest BCUT2D eigenvalue weighted by molar-refractivity contribution is 0.0866. The highest BCUT2D eigenvalue weighted by Gasteiger charge is 2.37. The van der Waals surface area contributed by atoms with E-state index in [0.717, 1.165) is 49.7 Å². The van der Waals surface area contributed by atoms with Crippen molar-refractivity contribution in [1.29, 1.82) is 0 Å². The fourth-order valence-corrected chi connectivity index (χ4v) is 6.90. The molecule has 3 aromatic rings. The van der Waals surface area contributed by atoms with Crippen LogP contribution in [0.15, 0.2) is 101 Å². The molecule has 0 spiro atoms. The maximum absolute atomic E-state index is 13.4. The fraction of sp³-hybridized carbons (Fsp3) is 0.333. The van der Waals surface area contributed by atoms with Crippen LogP contribution < -0.4 is 9.47 Å². The summed E-state index contributed by atoms with van der Waals surface area (Å²) >= 11 is 9.84. The first-order valence-corrected chi connectivity index (χ1v) is 16.6. The first kappa shape index (κ1) is 32.7. The van der Waals surface area contributed by atoms with Crippen molar-refractivity contribution < 1.29 is 27.4 Å². The molecule has 0 N–H and O–H groups in total. The molecule has 228 valence electrons. The van der Waals surface area contributed by atoms with E-state index in [2.05, 4.69) is 18.3 Å². The van der Waals surface area contributed by atoms with E-state index in [1.807, 2.05) is 43.3 Å². The zero-order chi connectivity index (χ0) is 30.7. The van der Waals surface area contributed by atoms with Gasteiger partial charge in [-0.2, -0.15) is 4.31 Å². The fourth-order valence-electron chi connectivity index (χ4n) is 5.12. The van der Waals surface area contributed by atoms with Crippen molar-refractivity contribution in [3.63, 3.8) is 0 Å². The quantitative estimate of drug-likeness (QED) is 0.0885. The molecule has 2 aliphatic rings. The Morgan fingerprint density at radius 1 is 0.860 bits per heavy atom. The van der Waals surface area contributed by atoms with E-state index in [1.54, 1.807) is 52.8 Å². The molecule has 0 aromatic heterocycles. The van der Waals surface area contributed by atoms with Crippen LogP contribution in [0.5, 0.6) is 11.5 Å². The molecule has 1 aliphatic heterocycles. The Balaban J connectivity index is 0.000000359. The number of nitrogens with zero attached hydrogens (tertiary/aromatic N) is 1. The van der Waals surface area contributed by atoms with Gasteiger partial charge in [-0.15, -0.1) is 0 Å². The summed E-state index contributed by atoms with van der Waals surface area (Å²) < 4.78 is 44.1. The second-order valence-corrected chi connectivity index (χ2v) is 13.3. The number of hydrogen-bond donors (Lipinski definition) is 0. The molecule has 0 fully saturated rings. The average Bonchev–Trinajstić information content (AvgIpc) is 3.41. The highest BCUT2D eigenvalue weighted by atomic mass is 35.5. The molecule has 0 amide bonds. The van der Waals surface area contributed by atoms with Crippen LogP contribution in [0.2, 0.25) is 0 Å². The van der Waals surface area contributed by atoms with Crippen molar-refractivity contribution >= 4 is 44.5 Å². The van der Waals surface area contributed by atoms with Crippen molar-refractivity contribution in [2.45, 2.75) is 56.4 Å². The standard InChI is InChI=1S/C26H31NO5S.C7H5ClOS/c1-20-13-15-25(16-14-20)33(29,30)27-18-22-17-23(27)10-6-3-2-5-9-21(22)19-31-26(28)32-24-11-7-4-8-12-24;8-7(10)9-6-4-2-1-3-5-6/h4,7-8,11-17,21,23H,2-3,5-6,9-10,18-19H2,1H3;1-5H. The van der Waals surface area contributed by atoms with E-state index in [0.29, 0.717) is 22.9 Å². The molecule has 0 saturated carbocycles. The zero-order valence-electron chi connectivity index (χ0n) is 24.1. The first-order valence-electron chi connectivity index (χ1n) is 14.3. The highest BCUT2D eigenvalue weighted by Crippen LogP contribution is 2.34. The van der Waals surface area contributed by atoms with Crippen LogP contribution in [0.25, 0.3) is 0 Å². The van der Waals surface area contributed by atoms with Gasteiger partial charge in [0.25, 0.3) is 4.51 Å². The van der Waals surface area contributed by atoms with Crippen molar-refractivity contribution in [2.24, 2.45) is 5.92 Å². The molecule has 10 heteroatoms. The molecular weight excluding hydrogens is 606 g/mol. The molecule has 2 unspecified atom stereocenters. The minimum atomic E-state index is -3.61. The predicted molar refractivity (Wildman–Crippen MR) is 172 cm³/mol. The summed E-state index contributed by atoms with van der Waals surface area (Å²) in [6.45, 7) is 2.46. The Hall–Kier alpha value is -3.24. The predicted octanol–water partition coefficient (Wildman–Crippen LogP) is 8.07. The number of hydrogen-bond acceptors (Lipinski definition) is 7. The van der Waals surface area contributed by atoms with E-state index >= 15 is 0 Å². The highest BCUT2D eigenvalue weighted by molar-refractivity contribution is 7.89. The number of carbonyl (C=O) groups is 1. The Morgan fingerprint density at radius 2 is 1.44 bits per heavy atom. The minimum Gasteiger partial charge on any atom is -0.436 e. The Bertz CT molecular complexity index is 1480. The number of aryl methyl sites for hydroxylation is 1. The van der Waals surface area contributed by atoms with E-state index < -0.39 is 16.2 Å². The van der Waals surface area contributed by atoms with Crippen LogP contribution >= 0.6 is 23.8 Å². The smallest absolute Gasteiger partial charge is 0.436 e. The number of thiocarbonyl (C=S) groups is 1. The lowest BCUT2D eigenvalue weighted by Gasteiger charge is -2.24. The van der Waals surface area contributed by atoms with Crippen molar-refractivity contribution in [3.05, 3.63) is 102 Å². The zero-order valence-corrected chi connectivity index (χ0v) is 26.5. The minimum absolute atomic E-state index is 0.0196. The molecule has 1 aliphatic carbocycles. The van der Waals surface area contributed by atoms with E-state index in [1.165, 1.54) is 0 Å². The third-order valence-electron chi connectivity index (χ3n) is 7.36. The first-order chi connectivity index (χ1) is 20.7. The van der Waals surface area contributed by atoms with Gasteiger partial charge in [-0.05, 0) is 80.0 Å². The maximum atomic E-state index is 13.4.